The summed E-state index contributed by atoms with van der Waals surface area (Å²) in [6.07, 6.45) is -1.14. The fourth-order valence-corrected chi connectivity index (χ4v) is 4.36. The van der Waals surface area contributed by atoms with Gasteiger partial charge < -0.3 is 25.1 Å². The standard InChI is InChI=1S/C26H26FN5O4/c1-2-26(15-34-13-17-9-5-3-6-10-17)21(35-14-18-11-7-4-8-12-18)20(33)24(36-26)32-16-29-19-22(28)30-25(27)31-23(19)32/h2-12,16,20-21,24,33H,1,13-15H2,(H2,28,30,31). The Bertz CT molecular complexity index is 1340. The van der Waals surface area contributed by atoms with Gasteiger partial charge in [-0.3, -0.25) is 4.57 Å². The van der Waals surface area contributed by atoms with Crippen LogP contribution in [0.25, 0.3) is 11.2 Å². The molecule has 2 aromatic heterocycles. The van der Waals surface area contributed by atoms with Crippen molar-refractivity contribution in [3.63, 3.8) is 0 Å². The van der Waals surface area contributed by atoms with Gasteiger partial charge in [0, 0.05) is 0 Å². The van der Waals surface area contributed by atoms with Crippen molar-refractivity contribution in [2.45, 2.75) is 37.3 Å². The topological polar surface area (TPSA) is 118 Å². The van der Waals surface area contributed by atoms with Gasteiger partial charge in [-0.15, -0.1) is 6.58 Å². The Kier molecular flexibility index (Phi) is 6.75. The molecule has 0 bridgehead atoms. The highest BCUT2D eigenvalue weighted by Gasteiger charge is 2.55. The number of aliphatic hydroxyl groups is 1. The Hall–Kier alpha value is -3.70. The highest BCUT2D eigenvalue weighted by molar-refractivity contribution is 5.81. The van der Waals surface area contributed by atoms with Gasteiger partial charge in [-0.05, 0) is 11.1 Å². The monoisotopic (exact) mass is 491 g/mol. The van der Waals surface area contributed by atoms with Gasteiger partial charge in [0.1, 0.15) is 17.8 Å². The largest absolute Gasteiger partial charge is 0.386 e. The third-order valence-electron chi connectivity index (χ3n) is 6.18. The third-order valence-corrected chi connectivity index (χ3v) is 6.18. The molecule has 2 aromatic carbocycles. The molecule has 0 aliphatic carbocycles. The zero-order valence-electron chi connectivity index (χ0n) is 19.4. The second-order valence-corrected chi connectivity index (χ2v) is 8.56. The fraction of sp³-hybridized carbons (Fsp3) is 0.269. The summed E-state index contributed by atoms with van der Waals surface area (Å²) < 4.78 is 34.0. The lowest BCUT2D eigenvalue weighted by molar-refractivity contribution is -0.128. The number of nitrogens with zero attached hydrogens (tertiary/aromatic N) is 4. The van der Waals surface area contributed by atoms with Gasteiger partial charge in [0.05, 0.1) is 26.1 Å². The second kappa shape index (κ2) is 10.1. The van der Waals surface area contributed by atoms with Crippen LogP contribution in [0.2, 0.25) is 0 Å². The zero-order valence-corrected chi connectivity index (χ0v) is 19.4. The number of hydrogen-bond donors (Lipinski definition) is 2. The number of imidazole rings is 1. The van der Waals surface area contributed by atoms with E-state index < -0.39 is 30.1 Å². The van der Waals surface area contributed by atoms with Gasteiger partial charge in [0.25, 0.3) is 0 Å². The predicted molar refractivity (Wildman–Crippen MR) is 130 cm³/mol. The Balaban J connectivity index is 1.45. The first-order chi connectivity index (χ1) is 17.5. The predicted octanol–water partition coefficient (Wildman–Crippen LogP) is 3.16. The number of benzene rings is 2. The average Bonchev–Trinajstić information content (AvgIpc) is 3.43. The molecule has 9 nitrogen and oxygen atoms in total. The molecule has 5 rings (SSSR count). The fourth-order valence-electron chi connectivity index (χ4n) is 4.36. The van der Waals surface area contributed by atoms with Crippen molar-refractivity contribution in [3.05, 3.63) is 96.9 Å². The summed E-state index contributed by atoms with van der Waals surface area (Å²) in [5, 5.41) is 11.4. The maximum Gasteiger partial charge on any atom is 0.312 e. The number of nitrogens with two attached hydrogens (primary N) is 1. The van der Waals surface area contributed by atoms with Gasteiger partial charge >= 0.3 is 6.08 Å². The van der Waals surface area contributed by atoms with E-state index in [4.69, 9.17) is 19.9 Å². The molecule has 36 heavy (non-hydrogen) atoms. The van der Waals surface area contributed by atoms with Crippen molar-refractivity contribution in [1.29, 1.82) is 0 Å². The number of fused-ring (bicyclic) bond motifs is 1. The van der Waals surface area contributed by atoms with E-state index >= 15 is 0 Å². The maximum absolute atomic E-state index is 14.0. The molecular formula is C26H26FN5O4. The summed E-state index contributed by atoms with van der Waals surface area (Å²) >= 11 is 0. The summed E-state index contributed by atoms with van der Waals surface area (Å²) in [4.78, 5) is 11.5. The lowest BCUT2D eigenvalue weighted by Gasteiger charge is -2.31. The maximum atomic E-state index is 14.0. The van der Waals surface area contributed by atoms with Gasteiger partial charge in [-0.1, -0.05) is 66.7 Å². The summed E-state index contributed by atoms with van der Waals surface area (Å²) in [5.74, 6) is -0.109. The molecule has 4 unspecified atom stereocenters. The van der Waals surface area contributed by atoms with Crippen molar-refractivity contribution >= 4 is 17.0 Å². The lowest BCUT2D eigenvalue weighted by Crippen LogP contribution is -2.47. The number of rotatable bonds is 9. The van der Waals surface area contributed by atoms with Crippen molar-refractivity contribution in [2.24, 2.45) is 0 Å². The van der Waals surface area contributed by atoms with E-state index in [9.17, 15) is 9.50 Å². The molecule has 4 atom stereocenters. The van der Waals surface area contributed by atoms with Crippen LogP contribution < -0.4 is 5.73 Å². The second-order valence-electron chi connectivity index (χ2n) is 8.56. The Labute approximate surface area is 207 Å². The molecule has 1 fully saturated rings. The van der Waals surface area contributed by atoms with Crippen molar-refractivity contribution < 1.29 is 23.7 Å². The van der Waals surface area contributed by atoms with Gasteiger partial charge in [0.15, 0.2) is 23.2 Å². The van der Waals surface area contributed by atoms with Gasteiger partial charge in [0.2, 0.25) is 0 Å². The minimum Gasteiger partial charge on any atom is -0.386 e. The summed E-state index contributed by atoms with van der Waals surface area (Å²) in [6.45, 7) is 4.56. The number of aromatic nitrogens is 4. The lowest BCUT2D eigenvalue weighted by atomic mass is 9.95. The van der Waals surface area contributed by atoms with Crippen LogP contribution in [0, 0.1) is 6.08 Å². The third kappa shape index (κ3) is 4.59. The number of nitrogen functional groups attached to an aromatic ring is 1. The number of aliphatic hydroxyl groups excluding tert-OH is 1. The Morgan fingerprint density at radius 2 is 1.75 bits per heavy atom. The van der Waals surface area contributed by atoms with Crippen LogP contribution in [-0.4, -0.2) is 49.0 Å². The quantitative estimate of drug-likeness (QED) is 0.271. The van der Waals surface area contributed by atoms with Gasteiger partial charge in [-0.25, -0.2) is 4.98 Å². The number of anilines is 1. The van der Waals surface area contributed by atoms with Crippen molar-refractivity contribution in [2.75, 3.05) is 12.3 Å². The first-order valence-electron chi connectivity index (χ1n) is 11.4. The molecule has 1 aliphatic heterocycles. The molecule has 10 heteroatoms. The van der Waals surface area contributed by atoms with Crippen LogP contribution in [0.5, 0.6) is 0 Å². The Morgan fingerprint density at radius 3 is 2.42 bits per heavy atom. The molecule has 0 amide bonds. The Morgan fingerprint density at radius 1 is 1.08 bits per heavy atom. The molecule has 1 aliphatic rings. The molecule has 3 heterocycles. The number of ether oxygens (including phenoxy) is 3. The summed E-state index contributed by atoms with van der Waals surface area (Å²) in [7, 11) is 0. The van der Waals surface area contributed by atoms with E-state index in [1.807, 2.05) is 60.7 Å². The van der Waals surface area contributed by atoms with Crippen molar-refractivity contribution in [3.8, 4) is 0 Å². The molecule has 0 saturated carbocycles. The van der Waals surface area contributed by atoms with E-state index in [0.717, 1.165) is 11.1 Å². The van der Waals surface area contributed by atoms with E-state index in [2.05, 4.69) is 21.5 Å². The molecule has 0 spiro atoms. The molecule has 186 valence electrons. The van der Waals surface area contributed by atoms with Crippen molar-refractivity contribution in [1.82, 2.24) is 19.5 Å². The van der Waals surface area contributed by atoms with E-state index in [1.165, 1.54) is 10.9 Å². The normalized spacial score (nSPS) is 23.8. The van der Waals surface area contributed by atoms with E-state index in [-0.39, 0.29) is 30.2 Å². The van der Waals surface area contributed by atoms with Crippen LogP contribution >= 0.6 is 0 Å². The SMILES string of the molecule is C=CC1(COCc2ccccc2)OC(n2cnc3c(N)nc(F)nc32)C(O)C1OCc1ccccc1. The summed E-state index contributed by atoms with van der Waals surface area (Å²) in [5.41, 5.74) is 6.79. The molecule has 4 aromatic rings. The average molecular weight is 492 g/mol. The molecular weight excluding hydrogens is 465 g/mol. The highest BCUT2D eigenvalue weighted by atomic mass is 19.1. The van der Waals surface area contributed by atoms with Crippen LogP contribution in [0.1, 0.15) is 17.4 Å². The zero-order chi connectivity index (χ0) is 25.1. The highest BCUT2D eigenvalue weighted by Crippen LogP contribution is 2.42. The smallest absolute Gasteiger partial charge is 0.312 e. The first-order valence-corrected chi connectivity index (χ1v) is 11.4. The number of hydrogen-bond acceptors (Lipinski definition) is 8. The van der Waals surface area contributed by atoms with E-state index in [1.54, 1.807) is 6.08 Å². The first kappa shape index (κ1) is 24.0. The molecule has 1 saturated heterocycles. The van der Waals surface area contributed by atoms with E-state index in [0.29, 0.717) is 6.61 Å². The van der Waals surface area contributed by atoms with Crippen LogP contribution in [0.4, 0.5) is 10.2 Å². The summed E-state index contributed by atoms with van der Waals surface area (Å²) in [6, 6.07) is 19.3. The minimum atomic E-state index is -1.22. The minimum absolute atomic E-state index is 0.0521. The van der Waals surface area contributed by atoms with Crippen LogP contribution in [0.3, 0.4) is 0 Å². The van der Waals surface area contributed by atoms with Crippen LogP contribution in [-0.2, 0) is 27.4 Å². The van der Waals surface area contributed by atoms with Crippen LogP contribution in [0.15, 0.2) is 79.6 Å². The number of halogens is 1. The molecule has 0 radical (unpaired) electrons. The van der Waals surface area contributed by atoms with Gasteiger partial charge in [-0.2, -0.15) is 14.4 Å². The molecule has 3 N–H and O–H groups in total.